The predicted octanol–water partition coefficient (Wildman–Crippen LogP) is 5.77. The summed E-state index contributed by atoms with van der Waals surface area (Å²) >= 11 is 15.5. The third kappa shape index (κ3) is 4.05. The quantitative estimate of drug-likeness (QED) is 0.717. The van der Waals surface area contributed by atoms with Crippen molar-refractivity contribution in [1.29, 1.82) is 0 Å². The predicted molar refractivity (Wildman–Crippen MR) is 89.1 cm³/mol. The zero-order valence-electron chi connectivity index (χ0n) is 10.9. The Morgan fingerprint density at radius 3 is 2.60 bits per heavy atom. The molecule has 0 bridgehead atoms. The summed E-state index contributed by atoms with van der Waals surface area (Å²) in [7, 11) is 0. The molecule has 106 valence electrons. The molecule has 2 aromatic rings. The van der Waals surface area contributed by atoms with E-state index in [1.807, 2.05) is 37.3 Å². The number of hydrogen-bond donors (Lipinski definition) is 1. The number of halogens is 3. The molecule has 0 saturated carbocycles. The third-order valence-electron chi connectivity index (χ3n) is 2.71. The van der Waals surface area contributed by atoms with Crippen LogP contribution in [-0.2, 0) is 6.54 Å². The fourth-order valence-electron chi connectivity index (χ4n) is 1.76. The molecule has 20 heavy (non-hydrogen) atoms. The number of nitrogens with one attached hydrogen (secondary N) is 1. The van der Waals surface area contributed by atoms with Crippen LogP contribution in [0.1, 0.15) is 12.5 Å². The van der Waals surface area contributed by atoms with Gasteiger partial charge in [0.2, 0.25) is 0 Å². The Morgan fingerprint density at radius 2 is 1.95 bits per heavy atom. The van der Waals surface area contributed by atoms with Crippen LogP contribution in [0.15, 0.2) is 40.9 Å². The van der Waals surface area contributed by atoms with Gasteiger partial charge in [-0.1, -0.05) is 29.3 Å². The molecule has 0 aliphatic carbocycles. The fourth-order valence-corrected chi connectivity index (χ4v) is 2.77. The lowest BCUT2D eigenvalue weighted by Crippen LogP contribution is -2.00. The summed E-state index contributed by atoms with van der Waals surface area (Å²) in [6, 6.07) is 11.4. The molecule has 0 fully saturated rings. The Bertz CT molecular complexity index is 604. The van der Waals surface area contributed by atoms with Crippen molar-refractivity contribution in [1.82, 2.24) is 0 Å². The standard InChI is InChI=1S/C15H14BrCl2NO/c1-2-20-15-6-3-10(7-12(15)16)9-19-14-5-4-11(17)8-13(14)18/h3-8,19H,2,9H2,1H3. The van der Waals surface area contributed by atoms with E-state index in [0.717, 1.165) is 21.5 Å². The molecule has 0 saturated heterocycles. The second-order valence-corrected chi connectivity index (χ2v) is 5.87. The third-order valence-corrected chi connectivity index (χ3v) is 3.88. The minimum Gasteiger partial charge on any atom is -0.493 e. The largest absolute Gasteiger partial charge is 0.493 e. The van der Waals surface area contributed by atoms with E-state index in [1.54, 1.807) is 6.07 Å². The van der Waals surface area contributed by atoms with Crippen LogP contribution in [0.3, 0.4) is 0 Å². The van der Waals surface area contributed by atoms with Gasteiger partial charge in [-0.05, 0) is 58.7 Å². The summed E-state index contributed by atoms with van der Waals surface area (Å²) in [6.07, 6.45) is 0. The number of benzene rings is 2. The van der Waals surface area contributed by atoms with Crippen molar-refractivity contribution in [3.8, 4) is 5.75 Å². The van der Waals surface area contributed by atoms with Crippen LogP contribution in [-0.4, -0.2) is 6.61 Å². The van der Waals surface area contributed by atoms with Crippen molar-refractivity contribution >= 4 is 44.8 Å². The molecule has 0 aromatic heterocycles. The van der Waals surface area contributed by atoms with Crippen molar-refractivity contribution in [3.63, 3.8) is 0 Å². The first-order valence-corrected chi connectivity index (χ1v) is 7.75. The summed E-state index contributed by atoms with van der Waals surface area (Å²) < 4.78 is 6.43. The molecule has 0 aliphatic heterocycles. The lowest BCUT2D eigenvalue weighted by Gasteiger charge is -2.11. The minimum atomic E-state index is 0.613. The normalized spacial score (nSPS) is 10.4. The maximum absolute atomic E-state index is 6.12. The lowest BCUT2D eigenvalue weighted by atomic mass is 10.2. The SMILES string of the molecule is CCOc1ccc(CNc2ccc(Cl)cc2Cl)cc1Br. The topological polar surface area (TPSA) is 21.3 Å². The van der Waals surface area contributed by atoms with Crippen molar-refractivity contribution in [2.24, 2.45) is 0 Å². The van der Waals surface area contributed by atoms with Gasteiger partial charge in [0.15, 0.2) is 0 Å². The van der Waals surface area contributed by atoms with Gasteiger partial charge in [0.05, 0.1) is 21.8 Å². The van der Waals surface area contributed by atoms with E-state index >= 15 is 0 Å². The highest BCUT2D eigenvalue weighted by Crippen LogP contribution is 2.28. The van der Waals surface area contributed by atoms with Gasteiger partial charge < -0.3 is 10.1 Å². The van der Waals surface area contributed by atoms with Gasteiger partial charge in [0.1, 0.15) is 5.75 Å². The van der Waals surface area contributed by atoms with E-state index in [0.29, 0.717) is 23.2 Å². The molecule has 0 heterocycles. The Labute approximate surface area is 137 Å². The molecule has 0 amide bonds. The smallest absolute Gasteiger partial charge is 0.133 e. The zero-order chi connectivity index (χ0) is 14.5. The van der Waals surface area contributed by atoms with Crippen LogP contribution in [0.2, 0.25) is 10.0 Å². The molecule has 0 atom stereocenters. The summed E-state index contributed by atoms with van der Waals surface area (Å²) in [4.78, 5) is 0. The average molecular weight is 375 g/mol. The molecule has 0 radical (unpaired) electrons. The number of ether oxygens (including phenoxy) is 1. The summed E-state index contributed by atoms with van der Waals surface area (Å²) in [5.74, 6) is 0.848. The number of rotatable bonds is 5. The highest BCUT2D eigenvalue weighted by atomic mass is 79.9. The van der Waals surface area contributed by atoms with E-state index in [4.69, 9.17) is 27.9 Å². The molecule has 0 aliphatic rings. The highest BCUT2D eigenvalue weighted by molar-refractivity contribution is 9.10. The minimum absolute atomic E-state index is 0.613. The second-order valence-electron chi connectivity index (χ2n) is 4.18. The number of anilines is 1. The van der Waals surface area contributed by atoms with Gasteiger partial charge in [-0.25, -0.2) is 0 Å². The van der Waals surface area contributed by atoms with Crippen molar-refractivity contribution in [2.75, 3.05) is 11.9 Å². The van der Waals surface area contributed by atoms with E-state index in [9.17, 15) is 0 Å². The van der Waals surface area contributed by atoms with Crippen LogP contribution < -0.4 is 10.1 Å². The molecule has 2 nitrogen and oxygen atoms in total. The summed E-state index contributed by atoms with van der Waals surface area (Å²) in [5.41, 5.74) is 1.99. The first kappa shape index (κ1) is 15.5. The first-order valence-electron chi connectivity index (χ1n) is 6.20. The highest BCUT2D eigenvalue weighted by Gasteiger charge is 2.04. The number of hydrogen-bond acceptors (Lipinski definition) is 2. The van der Waals surface area contributed by atoms with Crippen LogP contribution >= 0.6 is 39.1 Å². The Hall–Kier alpha value is -0.900. The molecule has 0 spiro atoms. The van der Waals surface area contributed by atoms with E-state index < -0.39 is 0 Å². The van der Waals surface area contributed by atoms with Gasteiger partial charge in [-0.2, -0.15) is 0 Å². The molecule has 1 N–H and O–H groups in total. The second kappa shape index (κ2) is 7.21. The molecule has 5 heteroatoms. The van der Waals surface area contributed by atoms with Crippen molar-refractivity contribution in [3.05, 3.63) is 56.5 Å². The molecular weight excluding hydrogens is 361 g/mol. The van der Waals surface area contributed by atoms with Crippen molar-refractivity contribution in [2.45, 2.75) is 13.5 Å². The monoisotopic (exact) mass is 373 g/mol. The van der Waals surface area contributed by atoms with Gasteiger partial charge in [0, 0.05) is 11.6 Å². The van der Waals surface area contributed by atoms with Crippen LogP contribution in [0.25, 0.3) is 0 Å². The maximum atomic E-state index is 6.12. The zero-order valence-corrected chi connectivity index (χ0v) is 14.0. The molecule has 0 unspecified atom stereocenters. The van der Waals surface area contributed by atoms with Gasteiger partial charge in [-0.15, -0.1) is 0 Å². The lowest BCUT2D eigenvalue weighted by molar-refractivity contribution is 0.338. The van der Waals surface area contributed by atoms with Gasteiger partial charge in [0.25, 0.3) is 0 Å². The van der Waals surface area contributed by atoms with Crippen molar-refractivity contribution < 1.29 is 4.74 Å². The molecular formula is C15H14BrCl2NO. The molecule has 2 aromatic carbocycles. The van der Waals surface area contributed by atoms with E-state index in [1.165, 1.54) is 0 Å². The Balaban J connectivity index is 2.05. The maximum Gasteiger partial charge on any atom is 0.133 e. The summed E-state index contributed by atoms with van der Waals surface area (Å²) in [5, 5.41) is 4.53. The van der Waals surface area contributed by atoms with Crippen LogP contribution in [0.4, 0.5) is 5.69 Å². The summed E-state index contributed by atoms with van der Waals surface area (Å²) in [6.45, 7) is 3.29. The van der Waals surface area contributed by atoms with Gasteiger partial charge >= 0.3 is 0 Å². The van der Waals surface area contributed by atoms with E-state index in [-0.39, 0.29) is 0 Å². The first-order chi connectivity index (χ1) is 9.60. The van der Waals surface area contributed by atoms with Gasteiger partial charge in [-0.3, -0.25) is 0 Å². The average Bonchev–Trinajstić information content (AvgIpc) is 2.41. The van der Waals surface area contributed by atoms with Crippen LogP contribution in [0.5, 0.6) is 5.75 Å². The molecule has 2 rings (SSSR count). The fraction of sp³-hybridized carbons (Fsp3) is 0.200. The van der Waals surface area contributed by atoms with E-state index in [2.05, 4.69) is 21.2 Å². The Morgan fingerprint density at radius 1 is 1.15 bits per heavy atom. The Kier molecular flexibility index (Phi) is 5.58. The van der Waals surface area contributed by atoms with Crippen LogP contribution in [0, 0.1) is 0 Å².